The third kappa shape index (κ3) is 6.22. The van der Waals surface area contributed by atoms with E-state index in [9.17, 15) is 33.4 Å². The third-order valence-electron chi connectivity index (χ3n) is 7.53. The molecule has 6 heterocycles. The van der Waals surface area contributed by atoms with Crippen molar-refractivity contribution in [1.29, 1.82) is 0 Å². The molecule has 0 radical (unpaired) electrons. The number of imidazole rings is 1. The van der Waals surface area contributed by atoms with E-state index in [1.807, 2.05) is 0 Å². The van der Waals surface area contributed by atoms with E-state index in [4.69, 9.17) is 34.0 Å². The van der Waals surface area contributed by atoms with Crippen LogP contribution < -0.4 is 11.3 Å². The highest BCUT2D eigenvalue weighted by molar-refractivity contribution is 7.47. The summed E-state index contributed by atoms with van der Waals surface area (Å²) in [7, 11) is -10.2. The van der Waals surface area contributed by atoms with Crippen LogP contribution in [0.15, 0.2) is 30.0 Å². The minimum absolute atomic E-state index is 0.141. The van der Waals surface area contributed by atoms with E-state index in [0.29, 0.717) is 17.6 Å². The van der Waals surface area contributed by atoms with Crippen molar-refractivity contribution in [3.63, 3.8) is 0 Å². The number of aliphatic hydroxyl groups is 2. The zero-order valence-electron chi connectivity index (χ0n) is 23.3. The summed E-state index contributed by atoms with van der Waals surface area (Å²) >= 11 is 0. The summed E-state index contributed by atoms with van der Waals surface area (Å²) in [6, 6.07) is 0. The van der Waals surface area contributed by atoms with E-state index in [0.717, 1.165) is 17.1 Å². The number of rotatable bonds is 11. The second kappa shape index (κ2) is 12.1. The molecule has 7 atom stereocenters. The molecule has 4 aromatic rings. The molecule has 2 fully saturated rings. The molecule has 24 heteroatoms. The van der Waals surface area contributed by atoms with Gasteiger partial charge in [-0.05, 0) is 12.8 Å². The molecule has 8 N–H and O–H groups in total. The molecule has 0 spiro atoms. The fraction of sp³-hybridized carbons (Fsp3) is 0.500. The van der Waals surface area contributed by atoms with Crippen LogP contribution in [-0.4, -0.2) is 103 Å². The Labute approximate surface area is 255 Å². The average Bonchev–Trinajstić information content (AvgIpc) is 3.76. The topological polar surface area (TPSA) is 302 Å². The number of ether oxygens (including phenoxy) is 2. The summed E-state index contributed by atoms with van der Waals surface area (Å²) in [5.41, 5.74) is 3.84. The van der Waals surface area contributed by atoms with Gasteiger partial charge in [0.05, 0.1) is 32.5 Å². The monoisotopic (exact) mass is 692 g/mol. The van der Waals surface area contributed by atoms with Crippen LogP contribution in [0.1, 0.15) is 25.3 Å². The van der Waals surface area contributed by atoms with E-state index in [1.54, 1.807) is 4.57 Å². The molecule has 2 aliphatic rings. The number of nitrogens with zero attached hydrogens (tertiary/aromatic N) is 6. The summed E-state index contributed by atoms with van der Waals surface area (Å²) in [6.07, 6.45) is -2.98. The number of phosphoric ester groups is 2. The Morgan fingerprint density at radius 2 is 1.93 bits per heavy atom. The molecule has 4 aromatic heterocycles. The first-order chi connectivity index (χ1) is 21.7. The van der Waals surface area contributed by atoms with E-state index >= 15 is 0 Å². The summed E-state index contributed by atoms with van der Waals surface area (Å²) in [5.74, 6) is -0.917. The van der Waals surface area contributed by atoms with E-state index in [1.165, 1.54) is 12.7 Å². The Morgan fingerprint density at radius 1 is 1.15 bits per heavy atom. The van der Waals surface area contributed by atoms with Crippen molar-refractivity contribution in [2.45, 2.75) is 49.2 Å². The fourth-order valence-corrected chi connectivity index (χ4v) is 6.67. The van der Waals surface area contributed by atoms with Crippen molar-refractivity contribution in [2.75, 3.05) is 25.6 Å². The Hall–Kier alpha value is -3.24. The van der Waals surface area contributed by atoms with Gasteiger partial charge in [-0.25, -0.2) is 33.5 Å². The first-order valence-corrected chi connectivity index (χ1v) is 16.4. The maximum Gasteiger partial charge on any atom is 0.472 e. The van der Waals surface area contributed by atoms with Crippen molar-refractivity contribution in [2.24, 2.45) is 0 Å². The van der Waals surface area contributed by atoms with Crippen LogP contribution in [-0.2, 0) is 32.2 Å². The number of phosphoric acid groups is 2. The lowest BCUT2D eigenvalue weighted by Crippen LogP contribution is -2.39. The third-order valence-corrected chi connectivity index (χ3v) is 8.98. The van der Waals surface area contributed by atoms with Crippen LogP contribution in [0.5, 0.6) is 0 Å². The van der Waals surface area contributed by atoms with Crippen LogP contribution in [0.4, 0.5) is 10.2 Å². The van der Waals surface area contributed by atoms with Crippen LogP contribution in [0.2, 0.25) is 0 Å². The number of aromatic amines is 1. The Morgan fingerprint density at radius 3 is 2.67 bits per heavy atom. The van der Waals surface area contributed by atoms with E-state index in [-0.39, 0.29) is 17.9 Å². The molecule has 250 valence electrons. The molecular formula is C22H27FN8O13P2. The Bertz CT molecular complexity index is 1920. The first-order valence-electron chi connectivity index (χ1n) is 13.4. The van der Waals surface area contributed by atoms with Crippen molar-refractivity contribution in [3.8, 4) is 0 Å². The molecule has 0 aromatic carbocycles. The summed E-state index contributed by atoms with van der Waals surface area (Å²) in [6.45, 7) is -2.26. The van der Waals surface area contributed by atoms with Gasteiger partial charge in [-0.1, -0.05) is 0 Å². The van der Waals surface area contributed by atoms with Crippen molar-refractivity contribution < 1.29 is 61.5 Å². The van der Waals surface area contributed by atoms with Gasteiger partial charge in [0.2, 0.25) is 0 Å². The van der Waals surface area contributed by atoms with Crippen molar-refractivity contribution in [3.05, 3.63) is 41.3 Å². The largest absolute Gasteiger partial charge is 0.472 e. The highest BCUT2D eigenvalue weighted by Crippen LogP contribution is 2.51. The number of halogens is 1. The number of nitrogens with one attached hydrogen (secondary N) is 1. The number of H-pyrrole nitrogens is 1. The molecule has 21 nitrogen and oxygen atoms in total. The van der Waals surface area contributed by atoms with E-state index < -0.39 is 88.6 Å². The fourth-order valence-electron chi connectivity index (χ4n) is 5.33. The molecule has 2 saturated heterocycles. The number of hydrogen-bond donors (Lipinski definition) is 7. The Balaban J connectivity index is 1.22. The molecule has 2 aliphatic heterocycles. The minimum atomic E-state index is -5.19. The first kappa shape index (κ1) is 32.7. The lowest BCUT2D eigenvalue weighted by molar-refractivity contribution is -0.121. The lowest BCUT2D eigenvalue weighted by atomic mass is 10.0. The van der Waals surface area contributed by atoms with Crippen LogP contribution in [0.25, 0.3) is 22.2 Å². The van der Waals surface area contributed by atoms with Gasteiger partial charge in [0.1, 0.15) is 47.4 Å². The number of hydrogen-bond acceptors (Lipinski definition) is 15. The number of nitrogens with two attached hydrogens (primary N) is 1. The zero-order valence-corrected chi connectivity index (χ0v) is 25.1. The van der Waals surface area contributed by atoms with Gasteiger partial charge in [-0.3, -0.25) is 22.9 Å². The smallest absolute Gasteiger partial charge is 0.393 e. The highest BCUT2D eigenvalue weighted by atomic mass is 31.2. The maximum absolute atomic E-state index is 14.7. The zero-order chi connectivity index (χ0) is 33.0. The number of anilines is 1. The van der Waals surface area contributed by atoms with E-state index in [2.05, 4.69) is 29.4 Å². The van der Waals surface area contributed by atoms with Crippen molar-refractivity contribution >= 4 is 43.7 Å². The summed E-state index contributed by atoms with van der Waals surface area (Å²) < 4.78 is 68.2. The lowest BCUT2D eigenvalue weighted by Gasteiger charge is -2.29. The maximum atomic E-state index is 14.7. The highest BCUT2D eigenvalue weighted by Gasteiger charge is 2.51. The van der Waals surface area contributed by atoms with Gasteiger partial charge >= 0.3 is 15.6 Å². The van der Waals surface area contributed by atoms with Gasteiger partial charge in [-0.2, -0.15) is 0 Å². The molecule has 0 saturated carbocycles. The summed E-state index contributed by atoms with van der Waals surface area (Å²) in [4.78, 5) is 59.4. The molecule has 46 heavy (non-hydrogen) atoms. The molecule has 0 amide bonds. The number of nitrogen functional groups attached to an aromatic ring is 1. The average molecular weight is 692 g/mol. The van der Waals surface area contributed by atoms with Crippen molar-refractivity contribution in [1.82, 2.24) is 34.1 Å². The molecular weight excluding hydrogens is 665 g/mol. The number of fused-ring (bicyclic) bond motifs is 2. The van der Waals surface area contributed by atoms with Gasteiger partial charge in [0.15, 0.2) is 29.2 Å². The van der Waals surface area contributed by atoms with Gasteiger partial charge < -0.3 is 49.7 Å². The molecule has 6 rings (SSSR count). The Kier molecular flexibility index (Phi) is 8.59. The van der Waals surface area contributed by atoms with Gasteiger partial charge in [0.25, 0.3) is 5.56 Å². The number of aliphatic hydroxyl groups excluding tert-OH is 2. The quantitative estimate of drug-likeness (QED) is 0.0946. The summed E-state index contributed by atoms with van der Waals surface area (Å²) in [5, 5.41) is 20.6. The van der Waals surface area contributed by atoms with Crippen LogP contribution >= 0.6 is 15.6 Å². The predicted octanol–water partition coefficient (Wildman–Crippen LogP) is -0.804. The predicted molar refractivity (Wildman–Crippen MR) is 148 cm³/mol. The molecule has 1 unspecified atom stereocenters. The molecule has 0 aliphatic carbocycles. The van der Waals surface area contributed by atoms with Gasteiger partial charge in [0, 0.05) is 6.20 Å². The standard InChI is InChI=1S/C22H27FN8O13P2/c23-10-3-30(18-13(10)20(34)28-8-26-18)21-16(15(33)11(42-21)4-40-45(35,36)37)44-46(38,39)41-6-22(5-32)2-1-12(43-22)31-9-29-14-17(24)25-7-27-19(14)31/h3,7-9,11-12,15-16,21,32-33H,1-2,4-6H2,(H,38,39)(H2,24,25,27)(H,26,28,34)(H2,35,36,37)/t11-,12-,15-,16-,21-,22-/m1/s1. The van der Waals surface area contributed by atoms with Crippen LogP contribution in [0, 0.1) is 5.82 Å². The second-order valence-corrected chi connectivity index (χ2v) is 13.1. The number of aromatic nitrogens is 7. The molecule has 0 bridgehead atoms. The SMILES string of the molecule is Nc1ncnc2c1ncn2[C@H]1CC[C@@](CO)(COP(=O)(O)O[C@@H]2[C@H](O)[C@@H](COP(=O)(O)O)O[C@H]2n2cc(F)c3c(=O)[nH]cnc32)O1. The normalized spacial score (nSPS) is 28.3. The minimum Gasteiger partial charge on any atom is -0.393 e. The van der Waals surface area contributed by atoms with Crippen LogP contribution in [0.3, 0.4) is 0 Å². The second-order valence-electron chi connectivity index (χ2n) is 10.5. The van der Waals surface area contributed by atoms with Gasteiger partial charge in [-0.15, -0.1) is 0 Å².